The van der Waals surface area contributed by atoms with Gasteiger partial charge in [-0.05, 0) is 18.4 Å². The molecule has 0 saturated carbocycles. The molecule has 7 heteroatoms. The molecule has 1 fully saturated rings. The number of carbonyl (C=O) groups is 1. The number of anilines is 1. The van der Waals surface area contributed by atoms with Crippen LogP contribution in [0.5, 0.6) is 0 Å². The van der Waals surface area contributed by atoms with E-state index < -0.39 is 0 Å². The summed E-state index contributed by atoms with van der Waals surface area (Å²) in [5, 5.41) is 6.57. The third kappa shape index (κ3) is 3.61. The highest BCUT2D eigenvalue weighted by Gasteiger charge is 2.14. The number of thiophene rings is 1. The standard InChI is InChI=1S/C15H18N4O2S/c1-11-8-14(19-3-5-21-6-4-19)18-13(17-11)9-16-15(20)12-2-7-22-10-12/h2,7-8,10H,3-6,9H2,1H3,(H,16,20). The summed E-state index contributed by atoms with van der Waals surface area (Å²) >= 11 is 1.50. The average Bonchev–Trinajstić information content (AvgIpc) is 3.07. The quantitative estimate of drug-likeness (QED) is 0.928. The van der Waals surface area contributed by atoms with Gasteiger partial charge in [-0.15, -0.1) is 0 Å². The molecule has 1 aliphatic rings. The van der Waals surface area contributed by atoms with Crippen molar-refractivity contribution in [3.05, 3.63) is 40.0 Å². The fourth-order valence-corrected chi connectivity index (χ4v) is 2.94. The number of aromatic nitrogens is 2. The van der Waals surface area contributed by atoms with E-state index in [4.69, 9.17) is 4.74 Å². The lowest BCUT2D eigenvalue weighted by Gasteiger charge is -2.28. The second-order valence-electron chi connectivity index (χ2n) is 5.08. The predicted molar refractivity (Wildman–Crippen MR) is 85.3 cm³/mol. The molecule has 1 aliphatic heterocycles. The molecular weight excluding hydrogens is 300 g/mol. The highest BCUT2D eigenvalue weighted by atomic mass is 32.1. The van der Waals surface area contributed by atoms with Crippen molar-refractivity contribution in [1.82, 2.24) is 15.3 Å². The number of hydrogen-bond acceptors (Lipinski definition) is 6. The van der Waals surface area contributed by atoms with Crippen LogP contribution in [0, 0.1) is 6.92 Å². The number of aryl methyl sites for hydroxylation is 1. The lowest BCUT2D eigenvalue weighted by molar-refractivity contribution is 0.0950. The lowest BCUT2D eigenvalue weighted by Crippen LogP contribution is -2.37. The molecule has 2 aromatic heterocycles. The number of carbonyl (C=O) groups excluding carboxylic acids is 1. The summed E-state index contributed by atoms with van der Waals surface area (Å²) in [6, 6.07) is 3.77. The molecule has 0 radical (unpaired) electrons. The number of ether oxygens (including phenoxy) is 1. The third-order valence-electron chi connectivity index (χ3n) is 3.41. The van der Waals surface area contributed by atoms with E-state index in [2.05, 4.69) is 20.2 Å². The van der Waals surface area contributed by atoms with Crippen molar-refractivity contribution in [3.8, 4) is 0 Å². The molecule has 0 aliphatic carbocycles. The Balaban J connectivity index is 1.68. The van der Waals surface area contributed by atoms with Gasteiger partial charge in [-0.1, -0.05) is 0 Å². The van der Waals surface area contributed by atoms with Gasteiger partial charge >= 0.3 is 0 Å². The zero-order chi connectivity index (χ0) is 15.4. The van der Waals surface area contributed by atoms with E-state index in [1.165, 1.54) is 11.3 Å². The van der Waals surface area contributed by atoms with Crippen LogP contribution in [-0.4, -0.2) is 42.2 Å². The molecule has 0 atom stereocenters. The van der Waals surface area contributed by atoms with Crippen molar-refractivity contribution in [1.29, 1.82) is 0 Å². The molecular formula is C15H18N4O2S. The van der Waals surface area contributed by atoms with Crippen LogP contribution in [0.15, 0.2) is 22.9 Å². The van der Waals surface area contributed by atoms with Crippen molar-refractivity contribution in [2.24, 2.45) is 0 Å². The monoisotopic (exact) mass is 318 g/mol. The molecule has 3 heterocycles. The molecule has 2 aromatic rings. The fourth-order valence-electron chi connectivity index (χ4n) is 2.30. The van der Waals surface area contributed by atoms with Crippen LogP contribution >= 0.6 is 11.3 Å². The van der Waals surface area contributed by atoms with E-state index >= 15 is 0 Å². The van der Waals surface area contributed by atoms with Crippen LogP contribution in [-0.2, 0) is 11.3 Å². The molecule has 22 heavy (non-hydrogen) atoms. The van der Waals surface area contributed by atoms with Gasteiger partial charge in [0.2, 0.25) is 0 Å². The van der Waals surface area contributed by atoms with Gasteiger partial charge in [0.25, 0.3) is 5.91 Å². The largest absolute Gasteiger partial charge is 0.378 e. The van der Waals surface area contributed by atoms with Crippen molar-refractivity contribution in [2.45, 2.75) is 13.5 Å². The first-order valence-corrected chi connectivity index (χ1v) is 8.14. The maximum atomic E-state index is 12.0. The lowest BCUT2D eigenvalue weighted by atomic mass is 10.3. The van der Waals surface area contributed by atoms with Crippen molar-refractivity contribution in [3.63, 3.8) is 0 Å². The minimum Gasteiger partial charge on any atom is -0.378 e. The number of amides is 1. The van der Waals surface area contributed by atoms with Gasteiger partial charge in [-0.3, -0.25) is 4.79 Å². The number of nitrogens with one attached hydrogen (secondary N) is 1. The molecule has 0 spiro atoms. The first-order valence-electron chi connectivity index (χ1n) is 7.20. The van der Waals surface area contributed by atoms with Gasteiger partial charge in [0.1, 0.15) is 11.6 Å². The normalized spacial score (nSPS) is 14.9. The summed E-state index contributed by atoms with van der Waals surface area (Å²) in [6.45, 7) is 5.36. The zero-order valence-corrected chi connectivity index (χ0v) is 13.2. The van der Waals surface area contributed by atoms with Crippen LogP contribution < -0.4 is 10.2 Å². The Bertz CT molecular complexity index is 639. The first kappa shape index (κ1) is 14.9. The van der Waals surface area contributed by atoms with Gasteiger partial charge in [-0.25, -0.2) is 9.97 Å². The Hall–Kier alpha value is -1.99. The summed E-state index contributed by atoms with van der Waals surface area (Å²) in [6.07, 6.45) is 0. The summed E-state index contributed by atoms with van der Waals surface area (Å²) < 4.78 is 5.36. The SMILES string of the molecule is Cc1cc(N2CCOCC2)nc(CNC(=O)c2ccsc2)n1. The average molecular weight is 318 g/mol. The van der Waals surface area contributed by atoms with Crippen molar-refractivity contribution in [2.75, 3.05) is 31.2 Å². The van der Waals surface area contributed by atoms with Gasteiger partial charge < -0.3 is 15.0 Å². The van der Waals surface area contributed by atoms with Crippen LogP contribution in [0.1, 0.15) is 21.9 Å². The Morgan fingerprint density at radius 3 is 2.95 bits per heavy atom. The summed E-state index contributed by atoms with van der Waals surface area (Å²) in [5.74, 6) is 1.43. The molecule has 0 bridgehead atoms. The molecule has 6 nitrogen and oxygen atoms in total. The maximum Gasteiger partial charge on any atom is 0.252 e. The van der Waals surface area contributed by atoms with Crippen molar-refractivity contribution >= 4 is 23.1 Å². The van der Waals surface area contributed by atoms with Crippen LogP contribution in [0.2, 0.25) is 0 Å². The van der Waals surface area contributed by atoms with E-state index in [1.54, 1.807) is 6.07 Å². The first-order chi connectivity index (χ1) is 10.7. The second kappa shape index (κ2) is 6.85. The van der Waals surface area contributed by atoms with Crippen LogP contribution in [0.3, 0.4) is 0 Å². The van der Waals surface area contributed by atoms with Gasteiger partial charge in [-0.2, -0.15) is 11.3 Å². The van der Waals surface area contributed by atoms with Crippen LogP contribution in [0.25, 0.3) is 0 Å². The highest BCUT2D eigenvalue weighted by Crippen LogP contribution is 2.14. The Morgan fingerprint density at radius 2 is 2.23 bits per heavy atom. The Morgan fingerprint density at radius 1 is 1.41 bits per heavy atom. The molecule has 3 rings (SSSR count). The van der Waals surface area contributed by atoms with Gasteiger partial charge in [0.15, 0.2) is 0 Å². The molecule has 1 saturated heterocycles. The molecule has 116 valence electrons. The smallest absolute Gasteiger partial charge is 0.252 e. The topological polar surface area (TPSA) is 67.3 Å². The van der Waals surface area contributed by atoms with Gasteiger partial charge in [0, 0.05) is 35.8 Å². The summed E-state index contributed by atoms with van der Waals surface area (Å²) in [7, 11) is 0. The Kier molecular flexibility index (Phi) is 4.65. The minimum absolute atomic E-state index is 0.0979. The summed E-state index contributed by atoms with van der Waals surface area (Å²) in [5.41, 5.74) is 1.57. The second-order valence-corrected chi connectivity index (χ2v) is 5.86. The Labute approximate surface area is 133 Å². The number of morpholine rings is 1. The fraction of sp³-hybridized carbons (Fsp3) is 0.400. The van der Waals surface area contributed by atoms with Crippen molar-refractivity contribution < 1.29 is 9.53 Å². The van der Waals surface area contributed by atoms with Gasteiger partial charge in [0.05, 0.1) is 19.8 Å². The van der Waals surface area contributed by atoms with E-state index in [-0.39, 0.29) is 5.91 Å². The van der Waals surface area contributed by atoms with E-state index in [0.29, 0.717) is 31.1 Å². The maximum absolute atomic E-state index is 12.0. The zero-order valence-electron chi connectivity index (χ0n) is 12.4. The number of nitrogens with zero attached hydrogens (tertiary/aromatic N) is 3. The molecule has 0 aromatic carbocycles. The van der Waals surface area contributed by atoms with E-state index in [1.807, 2.05) is 23.8 Å². The minimum atomic E-state index is -0.0979. The highest BCUT2D eigenvalue weighted by molar-refractivity contribution is 7.08. The predicted octanol–water partition coefficient (Wildman–Crippen LogP) is 1.61. The molecule has 0 unspecified atom stereocenters. The number of hydrogen-bond donors (Lipinski definition) is 1. The molecule has 1 N–H and O–H groups in total. The molecule has 1 amide bonds. The number of rotatable bonds is 4. The summed E-state index contributed by atoms with van der Waals surface area (Å²) in [4.78, 5) is 23.1. The third-order valence-corrected chi connectivity index (χ3v) is 4.10. The van der Waals surface area contributed by atoms with E-state index in [9.17, 15) is 4.79 Å². The van der Waals surface area contributed by atoms with Crippen LogP contribution in [0.4, 0.5) is 5.82 Å². The van der Waals surface area contributed by atoms with E-state index in [0.717, 1.165) is 24.6 Å².